The summed E-state index contributed by atoms with van der Waals surface area (Å²) in [4.78, 5) is 28.9. The van der Waals surface area contributed by atoms with Crippen LogP contribution in [0.2, 0.25) is 0 Å². The van der Waals surface area contributed by atoms with E-state index in [0.29, 0.717) is 6.54 Å². The van der Waals surface area contributed by atoms with Gasteiger partial charge in [0.25, 0.3) is 0 Å². The summed E-state index contributed by atoms with van der Waals surface area (Å²) in [5.41, 5.74) is 2.97. The molecule has 2 rings (SSSR count). The lowest BCUT2D eigenvalue weighted by molar-refractivity contribution is -0.133. The van der Waals surface area contributed by atoms with E-state index in [-0.39, 0.29) is 30.3 Å². The summed E-state index contributed by atoms with van der Waals surface area (Å²) in [7, 11) is 0. The third kappa shape index (κ3) is 5.43. The molecule has 2 aromatic rings. The van der Waals surface area contributed by atoms with Crippen molar-refractivity contribution in [2.75, 3.05) is 11.4 Å². The summed E-state index contributed by atoms with van der Waals surface area (Å²) >= 11 is 0. The van der Waals surface area contributed by atoms with E-state index in [2.05, 4.69) is 13.8 Å². The van der Waals surface area contributed by atoms with E-state index in [1.165, 1.54) is 6.92 Å². The Morgan fingerprint density at radius 3 is 2.04 bits per heavy atom. The molecule has 0 saturated heterocycles. The number of carbonyl (C=O) groups excluding carboxylic acids is 2. The van der Waals surface area contributed by atoms with Crippen molar-refractivity contribution in [2.24, 2.45) is 0 Å². The summed E-state index contributed by atoms with van der Waals surface area (Å²) in [6, 6.07) is 17.8. The van der Waals surface area contributed by atoms with E-state index < -0.39 is 0 Å². The summed E-state index contributed by atoms with van der Waals surface area (Å²) in [6.45, 7) is 10.3. The van der Waals surface area contributed by atoms with Gasteiger partial charge in [-0.3, -0.25) is 9.59 Å². The molecule has 0 spiro atoms. The molecule has 144 valence electrons. The fourth-order valence-corrected chi connectivity index (χ4v) is 3.15. The molecule has 0 radical (unpaired) electrons. The van der Waals surface area contributed by atoms with Crippen LogP contribution in [0.1, 0.15) is 51.7 Å². The summed E-state index contributed by atoms with van der Waals surface area (Å²) in [6.07, 6.45) is 0. The van der Waals surface area contributed by atoms with Crippen molar-refractivity contribution in [3.63, 3.8) is 0 Å². The molecular weight excluding hydrogens is 336 g/mol. The molecule has 0 fully saturated rings. The zero-order valence-electron chi connectivity index (χ0n) is 17.0. The van der Waals surface area contributed by atoms with E-state index in [4.69, 9.17) is 0 Å². The van der Waals surface area contributed by atoms with Crippen molar-refractivity contribution in [3.05, 3.63) is 65.7 Å². The number of rotatable bonds is 7. The molecule has 2 amide bonds. The van der Waals surface area contributed by atoms with Crippen LogP contribution in [0.3, 0.4) is 0 Å². The zero-order chi connectivity index (χ0) is 20.0. The highest BCUT2D eigenvalue weighted by Crippen LogP contribution is 2.27. The molecule has 4 nitrogen and oxygen atoms in total. The van der Waals surface area contributed by atoms with Gasteiger partial charge in [0.15, 0.2) is 0 Å². The molecule has 0 unspecified atom stereocenters. The highest BCUT2D eigenvalue weighted by Gasteiger charge is 2.24. The topological polar surface area (TPSA) is 40.6 Å². The smallest absolute Gasteiger partial charge is 0.243 e. The number of hydrogen-bond acceptors (Lipinski definition) is 2. The SMILES string of the molecule is CC(=O)N(CC(=O)N(Cc1ccccc1)C(C)C)c1ccccc1C(C)C. The zero-order valence-corrected chi connectivity index (χ0v) is 17.0. The average Bonchev–Trinajstić information content (AvgIpc) is 2.64. The first-order chi connectivity index (χ1) is 12.8. The molecule has 0 N–H and O–H groups in total. The van der Waals surface area contributed by atoms with Crippen molar-refractivity contribution >= 4 is 17.5 Å². The van der Waals surface area contributed by atoms with Gasteiger partial charge < -0.3 is 9.80 Å². The van der Waals surface area contributed by atoms with E-state index in [0.717, 1.165) is 16.8 Å². The average molecular weight is 367 g/mol. The lowest BCUT2D eigenvalue weighted by Crippen LogP contribution is -2.45. The lowest BCUT2D eigenvalue weighted by atomic mass is 10.0. The fraction of sp³-hybridized carbons (Fsp3) is 0.391. The predicted octanol–water partition coefficient (Wildman–Crippen LogP) is 4.60. The number of hydrogen-bond donors (Lipinski definition) is 0. The number of para-hydroxylation sites is 1. The highest BCUT2D eigenvalue weighted by molar-refractivity contribution is 5.98. The van der Waals surface area contributed by atoms with Gasteiger partial charge in [0, 0.05) is 25.2 Å². The molecule has 0 aliphatic rings. The number of nitrogens with zero attached hydrogens (tertiary/aromatic N) is 2. The second-order valence-corrected chi connectivity index (χ2v) is 7.42. The standard InChI is InChI=1S/C23H30N2O2/c1-17(2)21-13-9-10-14-22(21)25(19(5)26)16-23(27)24(18(3)4)15-20-11-7-6-8-12-20/h6-14,17-18H,15-16H2,1-5H3. The maximum absolute atomic E-state index is 13.1. The molecule has 0 aliphatic carbocycles. The number of anilines is 1. The van der Waals surface area contributed by atoms with Crippen molar-refractivity contribution in [1.29, 1.82) is 0 Å². The van der Waals surface area contributed by atoms with Crippen molar-refractivity contribution in [1.82, 2.24) is 4.90 Å². The quantitative estimate of drug-likeness (QED) is 0.718. The maximum atomic E-state index is 13.1. The first-order valence-corrected chi connectivity index (χ1v) is 9.51. The third-order valence-corrected chi connectivity index (χ3v) is 4.66. The monoisotopic (exact) mass is 366 g/mol. The molecule has 0 aliphatic heterocycles. The summed E-state index contributed by atoms with van der Waals surface area (Å²) < 4.78 is 0. The fourth-order valence-electron chi connectivity index (χ4n) is 3.15. The minimum atomic E-state index is -0.125. The van der Waals surface area contributed by atoms with Crippen molar-refractivity contribution in [2.45, 2.75) is 53.1 Å². The van der Waals surface area contributed by atoms with E-state index in [1.54, 1.807) is 4.90 Å². The molecule has 27 heavy (non-hydrogen) atoms. The van der Waals surface area contributed by atoms with Gasteiger partial charge in [-0.2, -0.15) is 0 Å². The Balaban J connectivity index is 2.26. The number of amides is 2. The van der Waals surface area contributed by atoms with E-state index in [9.17, 15) is 9.59 Å². The highest BCUT2D eigenvalue weighted by atomic mass is 16.2. The minimum Gasteiger partial charge on any atom is -0.334 e. The van der Waals surface area contributed by atoms with E-state index in [1.807, 2.05) is 73.3 Å². The van der Waals surface area contributed by atoms with Crippen LogP contribution in [-0.4, -0.2) is 29.3 Å². The Morgan fingerprint density at radius 1 is 0.889 bits per heavy atom. The van der Waals surface area contributed by atoms with Gasteiger partial charge in [-0.15, -0.1) is 0 Å². The van der Waals surface area contributed by atoms with Crippen LogP contribution in [0.25, 0.3) is 0 Å². The molecular formula is C23H30N2O2. The largest absolute Gasteiger partial charge is 0.334 e. The molecule has 2 aromatic carbocycles. The molecule has 0 bridgehead atoms. The van der Waals surface area contributed by atoms with Gasteiger partial charge in [0.05, 0.1) is 0 Å². The van der Waals surface area contributed by atoms with Gasteiger partial charge in [0.1, 0.15) is 6.54 Å². The molecule has 0 saturated carbocycles. The van der Waals surface area contributed by atoms with Crippen molar-refractivity contribution < 1.29 is 9.59 Å². The van der Waals surface area contributed by atoms with Crippen molar-refractivity contribution in [3.8, 4) is 0 Å². The van der Waals surface area contributed by atoms with Gasteiger partial charge in [-0.05, 0) is 37.0 Å². The summed E-state index contributed by atoms with van der Waals surface area (Å²) in [5.74, 6) is 0.0890. The van der Waals surface area contributed by atoms with Crippen LogP contribution < -0.4 is 4.90 Å². The van der Waals surface area contributed by atoms with Crippen LogP contribution in [0.4, 0.5) is 5.69 Å². The Kier molecular flexibility index (Phi) is 7.17. The second-order valence-electron chi connectivity index (χ2n) is 7.42. The third-order valence-electron chi connectivity index (χ3n) is 4.66. The molecule has 0 atom stereocenters. The first-order valence-electron chi connectivity index (χ1n) is 9.51. The Bertz CT molecular complexity index is 769. The molecule has 4 heteroatoms. The van der Waals surface area contributed by atoms with Crippen LogP contribution in [0, 0.1) is 0 Å². The van der Waals surface area contributed by atoms with Crippen LogP contribution >= 0.6 is 0 Å². The Hall–Kier alpha value is -2.62. The normalized spacial score (nSPS) is 10.9. The first kappa shape index (κ1) is 20.7. The van der Waals surface area contributed by atoms with E-state index >= 15 is 0 Å². The van der Waals surface area contributed by atoms with Crippen LogP contribution in [0.5, 0.6) is 0 Å². The number of carbonyl (C=O) groups is 2. The lowest BCUT2D eigenvalue weighted by Gasteiger charge is -2.31. The van der Waals surface area contributed by atoms with Gasteiger partial charge in [0.2, 0.25) is 11.8 Å². The molecule has 0 heterocycles. The summed E-state index contributed by atoms with van der Waals surface area (Å²) in [5, 5.41) is 0. The Morgan fingerprint density at radius 2 is 1.48 bits per heavy atom. The van der Waals surface area contributed by atoms with Gasteiger partial charge in [-0.25, -0.2) is 0 Å². The predicted molar refractivity (Wildman–Crippen MR) is 111 cm³/mol. The Labute approximate surface area is 162 Å². The second kappa shape index (κ2) is 9.36. The number of benzene rings is 2. The maximum Gasteiger partial charge on any atom is 0.243 e. The van der Waals surface area contributed by atoms with Crippen LogP contribution in [0.15, 0.2) is 54.6 Å². The van der Waals surface area contributed by atoms with Crippen LogP contribution in [-0.2, 0) is 16.1 Å². The molecule has 0 aromatic heterocycles. The minimum absolute atomic E-state index is 0.0457. The van der Waals surface area contributed by atoms with Gasteiger partial charge >= 0.3 is 0 Å². The van der Waals surface area contributed by atoms with Gasteiger partial charge in [-0.1, -0.05) is 62.4 Å².